The van der Waals surface area contributed by atoms with Crippen LogP contribution in [0, 0.1) is 5.82 Å². The third-order valence-corrected chi connectivity index (χ3v) is 3.78. The van der Waals surface area contributed by atoms with Crippen LogP contribution in [-0.4, -0.2) is 41.0 Å². The second-order valence-corrected chi connectivity index (χ2v) is 4.98. The van der Waals surface area contributed by atoms with Gasteiger partial charge in [-0.3, -0.25) is 9.69 Å². The van der Waals surface area contributed by atoms with Crippen LogP contribution in [-0.2, 0) is 0 Å². The number of nitrogens with zero attached hydrogens (tertiary/aromatic N) is 1. The molecule has 1 N–H and O–H groups in total. The summed E-state index contributed by atoms with van der Waals surface area (Å²) in [6.07, 6.45) is 1.86. The van der Waals surface area contributed by atoms with Crippen LogP contribution in [0.25, 0.3) is 0 Å². The number of halogens is 1. The molecule has 0 aliphatic rings. The molecule has 1 unspecified atom stereocenters. The Kier molecular flexibility index (Phi) is 6.82. The van der Waals surface area contributed by atoms with E-state index in [9.17, 15) is 14.3 Å². The van der Waals surface area contributed by atoms with Crippen molar-refractivity contribution < 1.29 is 14.3 Å². The minimum Gasteiger partial charge on any atom is -0.395 e. The molecule has 0 fully saturated rings. The number of rotatable bonds is 8. The van der Waals surface area contributed by atoms with Crippen molar-refractivity contribution in [3.8, 4) is 0 Å². The molecule has 112 valence electrons. The molecule has 20 heavy (non-hydrogen) atoms. The van der Waals surface area contributed by atoms with Crippen molar-refractivity contribution in [2.24, 2.45) is 0 Å². The molecule has 1 atom stereocenters. The maximum absolute atomic E-state index is 12.9. The number of ketones is 1. The van der Waals surface area contributed by atoms with Gasteiger partial charge in [-0.15, -0.1) is 0 Å². The Hall–Kier alpha value is -1.26. The molecule has 0 aliphatic carbocycles. The number of aliphatic hydroxyl groups is 1. The molecule has 4 heteroatoms. The molecule has 0 aromatic heterocycles. The van der Waals surface area contributed by atoms with Crippen molar-refractivity contribution in [1.82, 2.24) is 4.90 Å². The third kappa shape index (κ3) is 4.12. The maximum atomic E-state index is 12.9. The lowest BCUT2D eigenvalue weighted by Gasteiger charge is -2.34. The molecular weight excluding hydrogens is 257 g/mol. The minimum atomic E-state index is -0.346. The summed E-state index contributed by atoms with van der Waals surface area (Å²) in [6.45, 7) is 6.50. The van der Waals surface area contributed by atoms with Gasteiger partial charge >= 0.3 is 0 Å². The first-order chi connectivity index (χ1) is 9.54. The number of carbonyl (C=O) groups excluding carboxylic acids is 1. The van der Waals surface area contributed by atoms with Gasteiger partial charge in [0.25, 0.3) is 0 Å². The topological polar surface area (TPSA) is 40.5 Å². The smallest absolute Gasteiger partial charge is 0.179 e. The van der Waals surface area contributed by atoms with Gasteiger partial charge in [0.1, 0.15) is 5.82 Å². The quantitative estimate of drug-likeness (QED) is 0.745. The minimum absolute atomic E-state index is 0.0253. The molecular formula is C16H24FNO2. The molecule has 0 amide bonds. The van der Waals surface area contributed by atoms with Crippen LogP contribution in [0.4, 0.5) is 4.39 Å². The Balaban J connectivity index is 2.90. The van der Waals surface area contributed by atoms with E-state index >= 15 is 0 Å². The highest BCUT2D eigenvalue weighted by Gasteiger charge is 2.26. The predicted octanol–water partition coefficient (Wildman–Crippen LogP) is 2.88. The van der Waals surface area contributed by atoms with Crippen LogP contribution in [0.5, 0.6) is 0 Å². The lowest BCUT2D eigenvalue weighted by atomic mass is 10.0. The van der Waals surface area contributed by atoms with Crippen molar-refractivity contribution >= 4 is 5.78 Å². The third-order valence-electron chi connectivity index (χ3n) is 3.78. The van der Waals surface area contributed by atoms with Gasteiger partial charge in [-0.2, -0.15) is 0 Å². The second kappa shape index (κ2) is 8.12. The van der Waals surface area contributed by atoms with Crippen LogP contribution >= 0.6 is 0 Å². The fourth-order valence-corrected chi connectivity index (χ4v) is 2.57. The summed E-state index contributed by atoms with van der Waals surface area (Å²) in [5, 5.41) is 9.21. The summed E-state index contributed by atoms with van der Waals surface area (Å²) in [5.74, 6) is -0.383. The predicted molar refractivity (Wildman–Crippen MR) is 78.4 cm³/mol. The molecule has 0 saturated heterocycles. The van der Waals surface area contributed by atoms with E-state index in [4.69, 9.17) is 0 Å². The normalized spacial score (nSPS) is 12.9. The van der Waals surface area contributed by atoms with Gasteiger partial charge in [0.2, 0.25) is 0 Å². The maximum Gasteiger partial charge on any atom is 0.179 e. The first-order valence-corrected chi connectivity index (χ1v) is 7.21. The van der Waals surface area contributed by atoms with E-state index in [1.807, 2.05) is 11.8 Å². The highest BCUT2D eigenvalue weighted by Crippen LogP contribution is 2.16. The highest BCUT2D eigenvalue weighted by atomic mass is 19.1. The standard InChI is InChI=1S/C16H24FNO2/c1-4-15(5-2)18(10-11-19)12(3)16(20)13-6-8-14(17)9-7-13/h6-9,12,15,19H,4-5,10-11H2,1-3H3. The molecule has 1 aromatic carbocycles. The Morgan fingerprint density at radius 2 is 1.80 bits per heavy atom. The van der Waals surface area contributed by atoms with E-state index in [1.54, 1.807) is 0 Å². The summed E-state index contributed by atoms with van der Waals surface area (Å²) in [5.41, 5.74) is 0.507. The Morgan fingerprint density at radius 1 is 1.25 bits per heavy atom. The molecule has 0 heterocycles. The van der Waals surface area contributed by atoms with Crippen molar-refractivity contribution in [1.29, 1.82) is 0 Å². The Labute approximate surface area is 120 Å². The van der Waals surface area contributed by atoms with Crippen molar-refractivity contribution in [2.75, 3.05) is 13.2 Å². The summed E-state index contributed by atoms with van der Waals surface area (Å²) < 4.78 is 12.9. The van der Waals surface area contributed by atoms with E-state index in [2.05, 4.69) is 13.8 Å². The lowest BCUT2D eigenvalue weighted by Crippen LogP contribution is -2.46. The van der Waals surface area contributed by atoms with Crippen LogP contribution in [0.2, 0.25) is 0 Å². The van der Waals surface area contributed by atoms with Gasteiger partial charge in [0, 0.05) is 18.2 Å². The zero-order valence-corrected chi connectivity index (χ0v) is 12.5. The van der Waals surface area contributed by atoms with E-state index in [0.717, 1.165) is 12.8 Å². The number of benzene rings is 1. The second-order valence-electron chi connectivity index (χ2n) is 4.98. The number of carbonyl (C=O) groups is 1. The lowest BCUT2D eigenvalue weighted by molar-refractivity contribution is 0.0686. The fraction of sp³-hybridized carbons (Fsp3) is 0.562. The van der Waals surface area contributed by atoms with Gasteiger partial charge < -0.3 is 5.11 Å². The average Bonchev–Trinajstić information content (AvgIpc) is 2.47. The number of aliphatic hydroxyl groups excluding tert-OH is 1. The molecule has 3 nitrogen and oxygen atoms in total. The zero-order valence-electron chi connectivity index (χ0n) is 12.5. The van der Waals surface area contributed by atoms with Crippen LogP contribution in [0.15, 0.2) is 24.3 Å². The number of hydrogen-bond donors (Lipinski definition) is 1. The van der Waals surface area contributed by atoms with Crippen molar-refractivity contribution in [2.45, 2.75) is 45.7 Å². The largest absolute Gasteiger partial charge is 0.395 e. The summed E-state index contributed by atoms with van der Waals surface area (Å²) >= 11 is 0. The summed E-state index contributed by atoms with van der Waals surface area (Å²) in [7, 11) is 0. The van der Waals surface area contributed by atoms with E-state index < -0.39 is 0 Å². The van der Waals surface area contributed by atoms with Crippen molar-refractivity contribution in [3.05, 3.63) is 35.6 Å². The van der Waals surface area contributed by atoms with Gasteiger partial charge in [-0.1, -0.05) is 13.8 Å². The Bertz CT molecular complexity index is 415. The van der Waals surface area contributed by atoms with Gasteiger partial charge in [0.15, 0.2) is 5.78 Å². The van der Waals surface area contributed by atoms with Crippen LogP contribution < -0.4 is 0 Å². The Morgan fingerprint density at radius 3 is 2.25 bits per heavy atom. The zero-order chi connectivity index (χ0) is 15.1. The summed E-state index contributed by atoms with van der Waals surface area (Å²) in [4.78, 5) is 14.5. The molecule has 1 aromatic rings. The van der Waals surface area contributed by atoms with Crippen LogP contribution in [0.3, 0.4) is 0 Å². The van der Waals surface area contributed by atoms with E-state index in [0.29, 0.717) is 12.1 Å². The van der Waals surface area contributed by atoms with E-state index in [-0.39, 0.29) is 30.3 Å². The summed E-state index contributed by atoms with van der Waals surface area (Å²) in [6, 6.07) is 5.57. The average molecular weight is 281 g/mol. The first-order valence-electron chi connectivity index (χ1n) is 7.21. The monoisotopic (exact) mass is 281 g/mol. The SMILES string of the molecule is CCC(CC)N(CCO)C(C)C(=O)c1ccc(F)cc1. The number of Topliss-reactive ketones (excluding diaryl/α,β-unsaturated/α-hetero) is 1. The first kappa shape index (κ1) is 16.8. The molecule has 0 radical (unpaired) electrons. The molecule has 0 aliphatic heterocycles. The van der Waals surface area contributed by atoms with Crippen molar-refractivity contribution in [3.63, 3.8) is 0 Å². The molecule has 0 saturated carbocycles. The molecule has 1 rings (SSSR count). The van der Waals surface area contributed by atoms with Gasteiger partial charge in [-0.05, 0) is 44.0 Å². The highest BCUT2D eigenvalue weighted by molar-refractivity contribution is 5.99. The van der Waals surface area contributed by atoms with Gasteiger partial charge in [-0.25, -0.2) is 4.39 Å². The molecule has 0 bridgehead atoms. The fourth-order valence-electron chi connectivity index (χ4n) is 2.57. The van der Waals surface area contributed by atoms with Crippen LogP contribution in [0.1, 0.15) is 44.0 Å². The number of hydrogen-bond acceptors (Lipinski definition) is 3. The van der Waals surface area contributed by atoms with E-state index in [1.165, 1.54) is 24.3 Å². The van der Waals surface area contributed by atoms with Gasteiger partial charge in [0.05, 0.1) is 12.6 Å². The molecule has 0 spiro atoms.